The van der Waals surface area contributed by atoms with Crippen molar-refractivity contribution >= 4 is 0 Å². The summed E-state index contributed by atoms with van der Waals surface area (Å²) in [5, 5.41) is 7.49. The third-order valence-corrected chi connectivity index (χ3v) is 3.22. The lowest BCUT2D eigenvalue weighted by atomic mass is 10.1. The van der Waals surface area contributed by atoms with Gasteiger partial charge in [0.15, 0.2) is 0 Å². The van der Waals surface area contributed by atoms with E-state index in [1.54, 1.807) is 0 Å². The van der Waals surface area contributed by atoms with Crippen LogP contribution in [0.1, 0.15) is 16.8 Å². The molecule has 2 nitrogen and oxygen atoms in total. The monoisotopic (exact) mass is 248 g/mol. The first-order chi connectivity index (χ1) is 9.31. The van der Waals surface area contributed by atoms with Crippen LogP contribution in [0.2, 0.25) is 0 Å². The second-order valence-electron chi connectivity index (χ2n) is 4.81. The van der Waals surface area contributed by atoms with Crippen molar-refractivity contribution in [1.82, 2.24) is 10.2 Å². The van der Waals surface area contributed by atoms with E-state index >= 15 is 0 Å². The molecule has 3 rings (SSSR count). The molecule has 0 saturated carbocycles. The molecule has 0 spiro atoms. The van der Waals surface area contributed by atoms with E-state index in [2.05, 4.69) is 59.6 Å². The molecule has 0 fully saturated rings. The molecule has 1 heterocycles. The van der Waals surface area contributed by atoms with Gasteiger partial charge >= 0.3 is 0 Å². The van der Waals surface area contributed by atoms with Crippen LogP contribution in [0.3, 0.4) is 0 Å². The molecule has 2 heteroatoms. The summed E-state index contributed by atoms with van der Waals surface area (Å²) in [6, 6.07) is 21.0. The predicted octanol–water partition coefficient (Wildman–Crippen LogP) is 3.98. The Morgan fingerprint density at radius 2 is 1.68 bits per heavy atom. The normalized spacial score (nSPS) is 10.6. The summed E-state index contributed by atoms with van der Waals surface area (Å²) in [5.41, 5.74) is 5.88. The van der Waals surface area contributed by atoms with Crippen LogP contribution >= 0.6 is 0 Å². The maximum Gasteiger partial charge on any atom is 0.0923 e. The Balaban J connectivity index is 1.80. The summed E-state index contributed by atoms with van der Waals surface area (Å²) in [7, 11) is 0. The van der Waals surface area contributed by atoms with Crippen LogP contribution in [0.15, 0.2) is 60.7 Å². The van der Waals surface area contributed by atoms with Crippen molar-refractivity contribution in [2.24, 2.45) is 0 Å². The highest BCUT2D eigenvalue weighted by Crippen LogP contribution is 2.18. The van der Waals surface area contributed by atoms with E-state index in [9.17, 15) is 0 Å². The van der Waals surface area contributed by atoms with Gasteiger partial charge in [0.2, 0.25) is 0 Å². The minimum Gasteiger partial charge on any atom is -0.282 e. The molecule has 0 radical (unpaired) electrons. The van der Waals surface area contributed by atoms with E-state index in [-0.39, 0.29) is 0 Å². The number of nitrogens with one attached hydrogen (secondary N) is 1. The fourth-order valence-corrected chi connectivity index (χ4v) is 2.13. The van der Waals surface area contributed by atoms with Crippen molar-refractivity contribution in [3.05, 3.63) is 77.5 Å². The zero-order valence-corrected chi connectivity index (χ0v) is 10.9. The first-order valence-electron chi connectivity index (χ1n) is 6.46. The van der Waals surface area contributed by atoms with E-state index in [1.807, 2.05) is 18.2 Å². The number of aromatic amines is 1. The van der Waals surface area contributed by atoms with Crippen LogP contribution in [-0.4, -0.2) is 10.2 Å². The van der Waals surface area contributed by atoms with Crippen molar-refractivity contribution in [2.45, 2.75) is 13.3 Å². The van der Waals surface area contributed by atoms with Crippen molar-refractivity contribution in [2.75, 3.05) is 0 Å². The summed E-state index contributed by atoms with van der Waals surface area (Å²) in [4.78, 5) is 0. The number of hydrogen-bond donors (Lipinski definition) is 1. The molecule has 1 aromatic heterocycles. The minimum absolute atomic E-state index is 0.889. The number of benzene rings is 2. The topological polar surface area (TPSA) is 28.7 Å². The van der Waals surface area contributed by atoms with Gasteiger partial charge in [-0.2, -0.15) is 5.10 Å². The lowest BCUT2D eigenvalue weighted by Crippen LogP contribution is -1.88. The number of H-pyrrole nitrogens is 1. The van der Waals surface area contributed by atoms with Gasteiger partial charge in [-0.25, -0.2) is 0 Å². The molecule has 2 aromatic carbocycles. The van der Waals surface area contributed by atoms with Crippen molar-refractivity contribution in [1.29, 1.82) is 0 Å². The van der Waals surface area contributed by atoms with Crippen molar-refractivity contribution in [3.8, 4) is 11.3 Å². The van der Waals surface area contributed by atoms with E-state index in [4.69, 9.17) is 0 Å². The molecule has 1 N–H and O–H groups in total. The summed E-state index contributed by atoms with van der Waals surface area (Å²) >= 11 is 0. The highest BCUT2D eigenvalue weighted by atomic mass is 15.1. The molecular weight excluding hydrogens is 232 g/mol. The molecule has 0 unspecified atom stereocenters. The summed E-state index contributed by atoms with van der Waals surface area (Å²) in [5.74, 6) is 0. The fourth-order valence-electron chi connectivity index (χ4n) is 2.13. The number of nitrogens with zero attached hydrogens (tertiary/aromatic N) is 1. The molecule has 0 bridgehead atoms. The lowest BCUT2D eigenvalue weighted by molar-refractivity contribution is 0.998. The van der Waals surface area contributed by atoms with Gasteiger partial charge in [-0.3, -0.25) is 5.10 Å². The number of aryl methyl sites for hydroxylation is 1. The van der Waals surface area contributed by atoms with Gasteiger partial charge in [-0.1, -0.05) is 60.2 Å². The standard InChI is InChI=1S/C17H16N2/c1-13-7-9-14(10-8-13)11-16-12-17(19-18-16)15-5-3-2-4-6-15/h2-10,12H,11H2,1H3,(H,18,19). The quantitative estimate of drug-likeness (QED) is 0.746. The zero-order chi connectivity index (χ0) is 13.1. The van der Waals surface area contributed by atoms with Crippen LogP contribution < -0.4 is 0 Å². The Labute approximate surface area is 113 Å². The SMILES string of the molecule is Cc1ccc(Cc2cc(-c3ccccc3)n[nH]2)cc1. The second-order valence-corrected chi connectivity index (χ2v) is 4.81. The van der Waals surface area contributed by atoms with Gasteiger partial charge in [0.25, 0.3) is 0 Å². The van der Waals surface area contributed by atoms with Gasteiger partial charge in [0, 0.05) is 17.7 Å². The first kappa shape index (κ1) is 11.7. The molecule has 3 aromatic rings. The predicted molar refractivity (Wildman–Crippen MR) is 78.0 cm³/mol. The maximum atomic E-state index is 4.38. The smallest absolute Gasteiger partial charge is 0.0923 e. The van der Waals surface area contributed by atoms with Crippen LogP contribution in [0.25, 0.3) is 11.3 Å². The Hall–Kier alpha value is -2.35. The molecule has 94 valence electrons. The maximum absolute atomic E-state index is 4.38. The van der Waals surface area contributed by atoms with Gasteiger partial charge in [0.1, 0.15) is 0 Å². The van der Waals surface area contributed by atoms with Gasteiger partial charge in [-0.05, 0) is 18.6 Å². The van der Waals surface area contributed by atoms with Crippen LogP contribution in [0.5, 0.6) is 0 Å². The van der Waals surface area contributed by atoms with E-state index in [1.165, 1.54) is 11.1 Å². The molecule has 0 aliphatic heterocycles. The summed E-state index contributed by atoms with van der Waals surface area (Å²) < 4.78 is 0. The Kier molecular flexibility index (Phi) is 3.15. The lowest BCUT2D eigenvalue weighted by Gasteiger charge is -1.99. The van der Waals surface area contributed by atoms with E-state index in [0.29, 0.717) is 0 Å². The average molecular weight is 248 g/mol. The van der Waals surface area contributed by atoms with Crippen LogP contribution in [0, 0.1) is 6.92 Å². The number of rotatable bonds is 3. The molecule has 0 aliphatic carbocycles. The number of aromatic nitrogens is 2. The largest absolute Gasteiger partial charge is 0.282 e. The highest BCUT2D eigenvalue weighted by Gasteiger charge is 2.04. The molecular formula is C17H16N2. The fraction of sp³-hybridized carbons (Fsp3) is 0.118. The van der Waals surface area contributed by atoms with Crippen LogP contribution in [0.4, 0.5) is 0 Å². The zero-order valence-electron chi connectivity index (χ0n) is 10.9. The van der Waals surface area contributed by atoms with E-state index < -0.39 is 0 Å². The Morgan fingerprint density at radius 1 is 0.947 bits per heavy atom. The Bertz CT molecular complexity index is 651. The molecule has 0 amide bonds. The molecule has 19 heavy (non-hydrogen) atoms. The van der Waals surface area contributed by atoms with Crippen molar-refractivity contribution in [3.63, 3.8) is 0 Å². The average Bonchev–Trinajstić information content (AvgIpc) is 2.91. The van der Waals surface area contributed by atoms with Crippen LogP contribution in [-0.2, 0) is 6.42 Å². The highest BCUT2D eigenvalue weighted by molar-refractivity contribution is 5.59. The Morgan fingerprint density at radius 3 is 2.42 bits per heavy atom. The van der Waals surface area contributed by atoms with Crippen molar-refractivity contribution < 1.29 is 0 Å². The van der Waals surface area contributed by atoms with Gasteiger partial charge in [-0.15, -0.1) is 0 Å². The number of hydrogen-bond acceptors (Lipinski definition) is 1. The summed E-state index contributed by atoms with van der Waals surface area (Å²) in [6.45, 7) is 2.10. The molecule has 0 atom stereocenters. The molecule has 0 saturated heterocycles. The molecule has 0 aliphatic rings. The van der Waals surface area contributed by atoms with Gasteiger partial charge in [0.05, 0.1) is 5.69 Å². The van der Waals surface area contributed by atoms with Gasteiger partial charge < -0.3 is 0 Å². The second kappa shape index (κ2) is 5.11. The minimum atomic E-state index is 0.889. The third kappa shape index (κ3) is 2.74. The first-order valence-corrected chi connectivity index (χ1v) is 6.46. The third-order valence-electron chi connectivity index (χ3n) is 3.22. The van der Waals surface area contributed by atoms with E-state index in [0.717, 1.165) is 23.4 Å². The summed E-state index contributed by atoms with van der Waals surface area (Å²) in [6.07, 6.45) is 0.889.